The molecule has 2 aromatic carbocycles. The van der Waals surface area contributed by atoms with E-state index in [-0.39, 0.29) is 16.4 Å². The first-order valence-corrected chi connectivity index (χ1v) is 13.9. The van der Waals surface area contributed by atoms with Crippen molar-refractivity contribution < 1.29 is 27.9 Å². The van der Waals surface area contributed by atoms with Crippen LogP contribution in [0.4, 0.5) is 5.69 Å². The van der Waals surface area contributed by atoms with E-state index in [1.165, 1.54) is 4.31 Å². The van der Waals surface area contributed by atoms with Gasteiger partial charge in [0.2, 0.25) is 10.0 Å². The second-order valence-electron chi connectivity index (χ2n) is 9.32. The normalized spacial score (nSPS) is 17.3. The number of anilines is 1. The molecule has 0 unspecified atom stereocenters. The zero-order chi connectivity index (χ0) is 27.2. The van der Waals surface area contributed by atoms with Crippen molar-refractivity contribution in [2.75, 3.05) is 37.7 Å². The molecule has 3 heterocycles. The number of carboxylic acid groups (broad SMARTS) is 1. The van der Waals surface area contributed by atoms with Crippen LogP contribution in [0.1, 0.15) is 39.8 Å². The van der Waals surface area contributed by atoms with E-state index >= 15 is 0 Å². The molecule has 0 spiro atoms. The Morgan fingerprint density at radius 1 is 1.05 bits per heavy atom. The van der Waals surface area contributed by atoms with Crippen LogP contribution in [0.5, 0.6) is 0 Å². The zero-order valence-electron chi connectivity index (χ0n) is 21.5. The van der Waals surface area contributed by atoms with Gasteiger partial charge in [-0.2, -0.15) is 4.31 Å². The van der Waals surface area contributed by atoms with Gasteiger partial charge in [-0.3, -0.25) is 4.79 Å². The van der Waals surface area contributed by atoms with Crippen LogP contribution in [0.15, 0.2) is 53.4 Å². The topological polar surface area (TPSA) is 109 Å². The molecule has 0 radical (unpaired) electrons. The number of aryl methyl sites for hydroxylation is 1. The van der Waals surface area contributed by atoms with Gasteiger partial charge in [0.1, 0.15) is 0 Å². The standard InChI is InChI=1S/C28H29N3O6S/c1-4-30-26-10-9-23(38(35,36)29-11-13-37-14-12-29)17-24(26)25(27(30)32)16-21-15-18(2)31(19(21)3)22-7-5-20(6-8-22)28(33)34/h5-10,15-17H,4,11-14H2,1-3H3,(H,33,34)/b25-16+. The highest BCUT2D eigenvalue weighted by Crippen LogP contribution is 2.40. The lowest BCUT2D eigenvalue weighted by Crippen LogP contribution is -2.40. The number of morpholine rings is 1. The molecule has 1 fully saturated rings. The van der Waals surface area contributed by atoms with Crippen molar-refractivity contribution in [1.29, 1.82) is 0 Å². The van der Waals surface area contributed by atoms with Crippen LogP contribution in [0.25, 0.3) is 17.3 Å². The highest BCUT2D eigenvalue weighted by molar-refractivity contribution is 7.89. The summed E-state index contributed by atoms with van der Waals surface area (Å²) in [4.78, 5) is 26.5. The average molecular weight is 536 g/mol. The van der Waals surface area contributed by atoms with Crippen molar-refractivity contribution >= 4 is 39.2 Å². The van der Waals surface area contributed by atoms with Gasteiger partial charge >= 0.3 is 5.97 Å². The Kier molecular flexibility index (Phi) is 6.72. The fourth-order valence-corrected chi connectivity index (χ4v) is 6.56. The summed E-state index contributed by atoms with van der Waals surface area (Å²) in [6.07, 6.45) is 1.81. The zero-order valence-corrected chi connectivity index (χ0v) is 22.3. The van der Waals surface area contributed by atoms with Gasteiger partial charge in [-0.1, -0.05) is 0 Å². The first-order valence-electron chi connectivity index (χ1n) is 12.4. The molecule has 0 saturated carbocycles. The summed E-state index contributed by atoms with van der Waals surface area (Å²) in [6, 6.07) is 13.4. The predicted molar refractivity (Wildman–Crippen MR) is 144 cm³/mol. The number of nitrogens with zero attached hydrogens (tertiary/aromatic N) is 3. The van der Waals surface area contributed by atoms with Crippen LogP contribution in [-0.2, 0) is 19.6 Å². The Morgan fingerprint density at radius 2 is 1.74 bits per heavy atom. The number of benzene rings is 2. The number of hydrogen-bond acceptors (Lipinski definition) is 5. The molecule has 10 heteroatoms. The van der Waals surface area contributed by atoms with Crippen LogP contribution in [0.3, 0.4) is 0 Å². The number of likely N-dealkylation sites (N-methyl/N-ethyl adjacent to an activating group) is 1. The molecule has 5 rings (SSSR count). The molecule has 9 nitrogen and oxygen atoms in total. The molecule has 38 heavy (non-hydrogen) atoms. The van der Waals surface area contributed by atoms with Gasteiger partial charge in [0.05, 0.1) is 29.4 Å². The number of amides is 1. The Balaban J connectivity index is 1.58. The molecular formula is C28H29N3O6S. The van der Waals surface area contributed by atoms with E-state index in [1.54, 1.807) is 47.4 Å². The van der Waals surface area contributed by atoms with Crippen LogP contribution in [0, 0.1) is 13.8 Å². The van der Waals surface area contributed by atoms with Crippen molar-refractivity contribution in [1.82, 2.24) is 8.87 Å². The summed E-state index contributed by atoms with van der Waals surface area (Å²) in [7, 11) is -3.73. The minimum Gasteiger partial charge on any atom is -0.478 e. The maximum Gasteiger partial charge on any atom is 0.335 e. The molecule has 0 aliphatic carbocycles. The molecular weight excluding hydrogens is 506 g/mol. The Bertz CT molecular complexity index is 1560. The van der Waals surface area contributed by atoms with Crippen molar-refractivity contribution in [3.63, 3.8) is 0 Å². The quantitative estimate of drug-likeness (QED) is 0.482. The van der Waals surface area contributed by atoms with E-state index in [2.05, 4.69) is 0 Å². The number of aromatic carboxylic acids is 1. The summed E-state index contributed by atoms with van der Waals surface area (Å²) >= 11 is 0. The van der Waals surface area contributed by atoms with E-state index in [9.17, 15) is 23.1 Å². The summed E-state index contributed by atoms with van der Waals surface area (Å²) in [5.41, 5.74) is 5.32. The summed E-state index contributed by atoms with van der Waals surface area (Å²) in [6.45, 7) is 7.50. The fourth-order valence-electron chi connectivity index (χ4n) is 5.13. The second kappa shape index (κ2) is 9.86. The summed E-state index contributed by atoms with van der Waals surface area (Å²) in [5, 5.41) is 9.21. The number of sulfonamides is 1. The highest BCUT2D eigenvalue weighted by Gasteiger charge is 2.34. The van der Waals surface area contributed by atoms with Crippen molar-refractivity contribution in [2.45, 2.75) is 25.7 Å². The summed E-state index contributed by atoms with van der Waals surface area (Å²) in [5.74, 6) is -1.17. The molecule has 198 valence electrons. The van der Waals surface area contributed by atoms with E-state index in [4.69, 9.17) is 4.74 Å². The number of aromatic nitrogens is 1. The molecule has 0 atom stereocenters. The lowest BCUT2D eigenvalue weighted by molar-refractivity contribution is -0.112. The van der Waals surface area contributed by atoms with Gasteiger partial charge in [0.15, 0.2) is 0 Å². The van der Waals surface area contributed by atoms with Gasteiger partial charge in [-0.15, -0.1) is 0 Å². The molecule has 2 aliphatic rings. The average Bonchev–Trinajstić information content (AvgIpc) is 3.35. The second-order valence-corrected chi connectivity index (χ2v) is 11.3. The number of fused-ring (bicyclic) bond motifs is 1. The van der Waals surface area contributed by atoms with Crippen molar-refractivity contribution in [2.24, 2.45) is 0 Å². The number of hydrogen-bond donors (Lipinski definition) is 1. The van der Waals surface area contributed by atoms with Crippen LogP contribution < -0.4 is 4.90 Å². The maximum absolute atomic E-state index is 13.5. The Hall–Kier alpha value is -3.73. The number of carboxylic acids is 1. The lowest BCUT2D eigenvalue weighted by Gasteiger charge is -2.26. The third-order valence-corrected chi connectivity index (χ3v) is 8.99. The van der Waals surface area contributed by atoms with Gasteiger partial charge in [-0.25, -0.2) is 13.2 Å². The van der Waals surface area contributed by atoms with Gasteiger partial charge in [0, 0.05) is 47.8 Å². The van der Waals surface area contributed by atoms with E-state index in [0.29, 0.717) is 49.7 Å². The van der Waals surface area contributed by atoms with Crippen LogP contribution in [0.2, 0.25) is 0 Å². The number of ether oxygens (including phenoxy) is 1. The van der Waals surface area contributed by atoms with Crippen LogP contribution >= 0.6 is 0 Å². The van der Waals surface area contributed by atoms with Gasteiger partial charge in [-0.05, 0) is 80.9 Å². The monoisotopic (exact) mass is 535 g/mol. The molecule has 1 N–H and O–H groups in total. The van der Waals surface area contributed by atoms with Crippen molar-refractivity contribution in [3.05, 3.63) is 76.6 Å². The highest BCUT2D eigenvalue weighted by atomic mass is 32.2. The SMILES string of the molecule is CCN1C(=O)/C(=C/c2cc(C)n(-c3ccc(C(=O)O)cc3)c2C)c2cc(S(=O)(=O)N3CCOCC3)ccc21. The minimum absolute atomic E-state index is 0.152. The smallest absolute Gasteiger partial charge is 0.335 e. The molecule has 1 amide bonds. The number of rotatable bonds is 6. The number of carbonyl (C=O) groups is 2. The third kappa shape index (κ3) is 4.34. The lowest BCUT2D eigenvalue weighted by atomic mass is 10.0. The van der Waals surface area contributed by atoms with Crippen LogP contribution in [-0.4, -0.2) is 67.1 Å². The van der Waals surface area contributed by atoms with E-state index < -0.39 is 16.0 Å². The van der Waals surface area contributed by atoms with Gasteiger partial charge < -0.3 is 19.3 Å². The van der Waals surface area contributed by atoms with Gasteiger partial charge in [0.25, 0.3) is 5.91 Å². The Labute approximate surface area is 221 Å². The van der Waals surface area contributed by atoms with Crippen molar-refractivity contribution in [3.8, 4) is 5.69 Å². The molecule has 0 bridgehead atoms. The Morgan fingerprint density at radius 3 is 2.37 bits per heavy atom. The third-order valence-electron chi connectivity index (χ3n) is 7.09. The molecule has 1 aromatic heterocycles. The molecule has 2 aliphatic heterocycles. The largest absolute Gasteiger partial charge is 0.478 e. The predicted octanol–water partition coefficient (Wildman–Crippen LogP) is 3.72. The fraction of sp³-hybridized carbons (Fsp3) is 0.286. The van der Waals surface area contributed by atoms with E-state index in [1.807, 2.05) is 37.5 Å². The maximum atomic E-state index is 13.5. The molecule has 3 aromatic rings. The first-order chi connectivity index (χ1) is 18.1. The first kappa shape index (κ1) is 25.9. The number of carbonyl (C=O) groups excluding carboxylic acids is 1. The minimum atomic E-state index is -3.73. The molecule has 1 saturated heterocycles. The van der Waals surface area contributed by atoms with E-state index in [0.717, 1.165) is 22.6 Å². The summed E-state index contributed by atoms with van der Waals surface area (Å²) < 4.78 is 35.4.